The van der Waals surface area contributed by atoms with Crippen molar-refractivity contribution < 1.29 is 14.6 Å². The van der Waals surface area contributed by atoms with Gasteiger partial charge in [0, 0.05) is 12.3 Å². The third-order valence-electron chi connectivity index (χ3n) is 3.74. The number of rotatable bonds is 3. The average molecular weight is 340 g/mol. The van der Waals surface area contributed by atoms with E-state index in [9.17, 15) is 14.7 Å². The summed E-state index contributed by atoms with van der Waals surface area (Å²) in [5.74, 6) is 0. The van der Waals surface area contributed by atoms with Crippen LogP contribution in [0.4, 0.5) is 0 Å². The summed E-state index contributed by atoms with van der Waals surface area (Å²) in [6.45, 7) is 12.0. The summed E-state index contributed by atoms with van der Waals surface area (Å²) in [5, 5.41) is 10.7. The molecule has 1 aromatic rings. The summed E-state index contributed by atoms with van der Waals surface area (Å²) < 4.78 is 13.2. The van der Waals surface area contributed by atoms with E-state index in [2.05, 4.69) is 25.8 Å². The Bertz CT molecular complexity index is 680. The maximum absolute atomic E-state index is 12.0. The first kappa shape index (κ1) is 18.9. The fourth-order valence-electron chi connectivity index (χ4n) is 2.90. The van der Waals surface area contributed by atoms with Crippen molar-refractivity contribution in [1.29, 1.82) is 0 Å². The van der Waals surface area contributed by atoms with Gasteiger partial charge in [0.2, 0.25) is 0 Å². The molecule has 1 saturated heterocycles. The fourth-order valence-corrected chi connectivity index (χ4v) is 2.90. The molecule has 1 unspecified atom stereocenters. The highest BCUT2D eigenvalue weighted by Gasteiger charge is 2.48. The number of nitrogens with zero attached hydrogens (tertiary/aromatic N) is 1. The Morgan fingerprint density at radius 3 is 2.38 bits per heavy atom. The Hall–Kier alpha value is -1.44. The smallest absolute Gasteiger partial charge is 0.330 e. The number of aromatic amines is 1. The summed E-state index contributed by atoms with van der Waals surface area (Å²) >= 11 is 0. The molecule has 24 heavy (non-hydrogen) atoms. The van der Waals surface area contributed by atoms with E-state index >= 15 is 0 Å². The summed E-state index contributed by atoms with van der Waals surface area (Å²) in [6, 6.07) is 1.23. The van der Waals surface area contributed by atoms with Crippen molar-refractivity contribution in [3.63, 3.8) is 0 Å². The molecular formula is C17H28N2O5. The van der Waals surface area contributed by atoms with Gasteiger partial charge < -0.3 is 14.6 Å². The molecule has 0 saturated carbocycles. The second-order valence-corrected chi connectivity index (χ2v) is 8.53. The molecule has 1 aliphatic heterocycles. The van der Waals surface area contributed by atoms with Crippen molar-refractivity contribution in [2.75, 3.05) is 0 Å². The highest BCUT2D eigenvalue weighted by atomic mass is 16.6. The molecule has 136 valence electrons. The molecule has 2 heterocycles. The van der Waals surface area contributed by atoms with Crippen LogP contribution in [0.25, 0.3) is 0 Å². The first-order valence-electron chi connectivity index (χ1n) is 8.20. The van der Waals surface area contributed by atoms with Crippen LogP contribution >= 0.6 is 0 Å². The molecule has 2 N–H and O–H groups in total. The van der Waals surface area contributed by atoms with Gasteiger partial charge in [0.25, 0.3) is 5.56 Å². The van der Waals surface area contributed by atoms with Gasteiger partial charge in [-0.25, -0.2) is 4.79 Å². The average Bonchev–Trinajstić information content (AvgIpc) is 2.64. The largest absolute Gasteiger partial charge is 0.386 e. The second-order valence-electron chi connectivity index (χ2n) is 8.53. The normalized spacial score (nSPS) is 28.3. The van der Waals surface area contributed by atoms with E-state index in [0.717, 1.165) is 0 Å². The first-order chi connectivity index (χ1) is 10.9. The van der Waals surface area contributed by atoms with Crippen molar-refractivity contribution in [3.05, 3.63) is 33.1 Å². The van der Waals surface area contributed by atoms with Gasteiger partial charge in [0.1, 0.15) is 12.2 Å². The molecule has 4 atom stereocenters. The van der Waals surface area contributed by atoms with Crippen LogP contribution in [0.3, 0.4) is 0 Å². The molecule has 0 aromatic carbocycles. The Balaban J connectivity index is 2.35. The zero-order valence-corrected chi connectivity index (χ0v) is 15.2. The standard InChI is InChI=1S/C17H28N2O5/c1-16(2,3)9-10-13(24-17(4,5)6)12(21)14(23-10)19-8-7-11(20)18-15(19)22/h7-8,10,12-14,21H,9H2,1-6H3,(H,18,20,22)/t10-,12?,13+,14-/m1/s1. The molecule has 0 spiro atoms. The second kappa shape index (κ2) is 6.46. The predicted molar refractivity (Wildman–Crippen MR) is 89.9 cm³/mol. The molecule has 7 nitrogen and oxygen atoms in total. The van der Waals surface area contributed by atoms with E-state index in [-0.39, 0.29) is 11.5 Å². The van der Waals surface area contributed by atoms with Crippen LogP contribution in [0.15, 0.2) is 21.9 Å². The van der Waals surface area contributed by atoms with Crippen LogP contribution in [0.5, 0.6) is 0 Å². The quantitative estimate of drug-likeness (QED) is 0.868. The number of H-pyrrole nitrogens is 1. The summed E-state index contributed by atoms with van der Waals surface area (Å²) in [4.78, 5) is 25.5. The van der Waals surface area contributed by atoms with Gasteiger partial charge in [-0.05, 0) is 32.6 Å². The zero-order chi connectivity index (χ0) is 18.3. The van der Waals surface area contributed by atoms with Crippen molar-refractivity contribution in [2.45, 2.75) is 78.1 Å². The molecule has 0 radical (unpaired) electrons. The van der Waals surface area contributed by atoms with Crippen molar-refractivity contribution in [3.8, 4) is 0 Å². The molecule has 1 fully saturated rings. The van der Waals surface area contributed by atoms with E-state index in [4.69, 9.17) is 9.47 Å². The number of aliphatic hydroxyl groups is 1. The van der Waals surface area contributed by atoms with E-state index in [0.29, 0.717) is 6.42 Å². The number of hydrogen-bond acceptors (Lipinski definition) is 5. The van der Waals surface area contributed by atoms with Gasteiger partial charge in [0.15, 0.2) is 6.23 Å². The van der Waals surface area contributed by atoms with Crippen LogP contribution in [-0.2, 0) is 9.47 Å². The molecule has 0 amide bonds. The van der Waals surface area contributed by atoms with Crippen molar-refractivity contribution in [2.24, 2.45) is 5.41 Å². The lowest BCUT2D eigenvalue weighted by atomic mass is 9.87. The Morgan fingerprint density at radius 2 is 1.88 bits per heavy atom. The minimum Gasteiger partial charge on any atom is -0.386 e. The Labute approximate surface area is 141 Å². The van der Waals surface area contributed by atoms with E-state index < -0.39 is 35.3 Å². The van der Waals surface area contributed by atoms with Crippen LogP contribution in [-0.4, -0.2) is 38.6 Å². The summed E-state index contributed by atoms with van der Waals surface area (Å²) in [7, 11) is 0. The maximum Gasteiger partial charge on any atom is 0.330 e. The van der Waals surface area contributed by atoms with E-state index in [1.165, 1.54) is 16.8 Å². The highest BCUT2D eigenvalue weighted by molar-refractivity contribution is 4.96. The number of aliphatic hydroxyl groups excluding tert-OH is 1. The van der Waals surface area contributed by atoms with Crippen molar-refractivity contribution >= 4 is 0 Å². The van der Waals surface area contributed by atoms with Crippen LogP contribution in [0, 0.1) is 5.41 Å². The molecule has 2 rings (SSSR count). The number of hydrogen-bond donors (Lipinski definition) is 2. The lowest BCUT2D eigenvalue weighted by molar-refractivity contribution is -0.117. The number of ether oxygens (including phenoxy) is 2. The minimum atomic E-state index is -1.01. The lowest BCUT2D eigenvalue weighted by Gasteiger charge is -2.32. The van der Waals surface area contributed by atoms with E-state index in [1.807, 2.05) is 20.8 Å². The van der Waals surface area contributed by atoms with E-state index in [1.54, 1.807) is 0 Å². The Kier molecular flexibility index (Phi) is 5.09. The van der Waals surface area contributed by atoms with Crippen LogP contribution in [0.1, 0.15) is 54.2 Å². The molecule has 1 aromatic heterocycles. The molecule has 0 bridgehead atoms. The van der Waals surface area contributed by atoms with Crippen LogP contribution < -0.4 is 11.2 Å². The summed E-state index contributed by atoms with van der Waals surface area (Å²) in [6.07, 6.45) is -0.826. The Morgan fingerprint density at radius 1 is 1.25 bits per heavy atom. The third-order valence-corrected chi connectivity index (χ3v) is 3.74. The van der Waals surface area contributed by atoms with Crippen molar-refractivity contribution in [1.82, 2.24) is 9.55 Å². The van der Waals surface area contributed by atoms with Crippen LogP contribution in [0.2, 0.25) is 0 Å². The first-order valence-corrected chi connectivity index (χ1v) is 8.20. The maximum atomic E-state index is 12.0. The van der Waals surface area contributed by atoms with Gasteiger partial charge in [-0.15, -0.1) is 0 Å². The molecule has 0 aliphatic carbocycles. The van der Waals surface area contributed by atoms with Gasteiger partial charge in [0.05, 0.1) is 11.7 Å². The summed E-state index contributed by atoms with van der Waals surface area (Å²) in [5.41, 5.74) is -1.60. The third kappa shape index (κ3) is 4.55. The predicted octanol–water partition coefficient (Wildman–Crippen LogP) is 1.41. The topological polar surface area (TPSA) is 93.6 Å². The molecular weight excluding hydrogens is 312 g/mol. The van der Waals surface area contributed by atoms with Gasteiger partial charge >= 0.3 is 5.69 Å². The van der Waals surface area contributed by atoms with Gasteiger partial charge in [-0.1, -0.05) is 20.8 Å². The fraction of sp³-hybridized carbons (Fsp3) is 0.765. The zero-order valence-electron chi connectivity index (χ0n) is 15.2. The minimum absolute atomic E-state index is 0.0330. The lowest BCUT2D eigenvalue weighted by Crippen LogP contribution is -2.42. The molecule has 7 heteroatoms. The SMILES string of the molecule is CC(C)(C)C[C@H]1O[C@@H](n2ccc(=O)[nH]c2=O)C(O)[C@H]1OC(C)(C)C. The monoisotopic (exact) mass is 340 g/mol. The van der Waals surface area contributed by atoms with Gasteiger partial charge in [-0.2, -0.15) is 0 Å². The van der Waals surface area contributed by atoms with Gasteiger partial charge in [-0.3, -0.25) is 14.3 Å². The highest BCUT2D eigenvalue weighted by Crippen LogP contribution is 2.38. The number of aromatic nitrogens is 2. The molecule has 1 aliphatic rings. The number of nitrogens with one attached hydrogen (secondary N) is 1.